The van der Waals surface area contributed by atoms with Crippen LogP contribution in [-0.2, 0) is 6.54 Å². The van der Waals surface area contributed by atoms with Gasteiger partial charge in [-0.3, -0.25) is 9.80 Å². The molecule has 1 N–H and O–H groups in total. The number of aliphatic hydroxyl groups is 1. The maximum absolute atomic E-state index is 10.4. The number of ether oxygens (including phenoxy) is 1. The third kappa shape index (κ3) is 4.57. The summed E-state index contributed by atoms with van der Waals surface area (Å²) in [4.78, 5) is 4.81. The summed E-state index contributed by atoms with van der Waals surface area (Å²) in [7, 11) is 1.69. The van der Waals surface area contributed by atoms with Gasteiger partial charge in [0.15, 0.2) is 0 Å². The second kappa shape index (κ2) is 8.29. The number of methoxy groups -OCH3 is 1. The normalized spacial score (nSPS) is 17.6. The lowest BCUT2D eigenvalue weighted by atomic mass is 10.1. The quantitative estimate of drug-likeness (QED) is 0.885. The number of rotatable bonds is 6. The zero-order valence-corrected chi connectivity index (χ0v) is 14.3. The first-order valence-corrected chi connectivity index (χ1v) is 8.55. The maximum Gasteiger partial charge on any atom is 0.118 e. The Labute approximate surface area is 144 Å². The minimum Gasteiger partial charge on any atom is -0.497 e. The van der Waals surface area contributed by atoms with E-state index in [9.17, 15) is 5.11 Å². The number of nitrogens with zero attached hydrogens (tertiary/aromatic N) is 2. The molecule has 1 unspecified atom stereocenters. The van der Waals surface area contributed by atoms with E-state index in [0.29, 0.717) is 6.54 Å². The summed E-state index contributed by atoms with van der Waals surface area (Å²) in [5.74, 6) is 0.901. The van der Waals surface area contributed by atoms with Crippen molar-refractivity contribution in [3.8, 4) is 5.75 Å². The number of β-amino-alcohol motifs (C(OH)–C–C–N with tert-alkyl or cyclic N) is 1. The minimum atomic E-state index is -0.403. The molecule has 24 heavy (non-hydrogen) atoms. The van der Waals surface area contributed by atoms with Crippen LogP contribution in [0.1, 0.15) is 17.2 Å². The summed E-state index contributed by atoms with van der Waals surface area (Å²) >= 11 is 0. The molecular formula is C20H26N2O2. The summed E-state index contributed by atoms with van der Waals surface area (Å²) < 4.78 is 5.20. The third-order valence-electron chi connectivity index (χ3n) is 4.65. The molecule has 0 aliphatic carbocycles. The minimum absolute atomic E-state index is 0.403. The second-order valence-corrected chi connectivity index (χ2v) is 6.35. The molecule has 1 fully saturated rings. The van der Waals surface area contributed by atoms with Crippen molar-refractivity contribution >= 4 is 0 Å². The fraction of sp³-hybridized carbons (Fsp3) is 0.400. The van der Waals surface area contributed by atoms with Gasteiger partial charge in [-0.1, -0.05) is 42.5 Å². The van der Waals surface area contributed by atoms with Crippen molar-refractivity contribution in [3.05, 3.63) is 65.7 Å². The van der Waals surface area contributed by atoms with Crippen LogP contribution in [0.15, 0.2) is 54.6 Å². The van der Waals surface area contributed by atoms with E-state index >= 15 is 0 Å². The lowest BCUT2D eigenvalue weighted by Crippen LogP contribution is -2.47. The maximum atomic E-state index is 10.4. The van der Waals surface area contributed by atoms with Crippen LogP contribution in [-0.4, -0.2) is 54.7 Å². The van der Waals surface area contributed by atoms with E-state index in [0.717, 1.165) is 44.0 Å². The molecule has 0 radical (unpaired) electrons. The molecule has 1 heterocycles. The van der Waals surface area contributed by atoms with Gasteiger partial charge in [0.1, 0.15) is 5.75 Å². The van der Waals surface area contributed by atoms with Crippen LogP contribution >= 0.6 is 0 Å². The first kappa shape index (κ1) is 17.0. The third-order valence-corrected chi connectivity index (χ3v) is 4.65. The Bertz CT molecular complexity index is 607. The zero-order valence-electron chi connectivity index (χ0n) is 14.3. The molecule has 128 valence electrons. The Kier molecular flexibility index (Phi) is 5.86. The number of hydrogen-bond donors (Lipinski definition) is 1. The van der Waals surface area contributed by atoms with Gasteiger partial charge >= 0.3 is 0 Å². The van der Waals surface area contributed by atoms with Crippen molar-refractivity contribution in [1.82, 2.24) is 9.80 Å². The fourth-order valence-corrected chi connectivity index (χ4v) is 3.14. The van der Waals surface area contributed by atoms with Crippen molar-refractivity contribution < 1.29 is 9.84 Å². The van der Waals surface area contributed by atoms with Crippen molar-refractivity contribution in [1.29, 1.82) is 0 Å². The number of aliphatic hydroxyl groups excluding tert-OH is 1. The molecule has 0 saturated carbocycles. The second-order valence-electron chi connectivity index (χ2n) is 6.35. The van der Waals surface area contributed by atoms with Gasteiger partial charge in [0.05, 0.1) is 13.2 Å². The predicted octanol–water partition coefficient (Wildman–Crippen LogP) is 2.55. The van der Waals surface area contributed by atoms with E-state index < -0.39 is 6.10 Å². The SMILES string of the molecule is COc1ccc(CN2CCN(CC(O)c3ccccc3)CC2)cc1. The van der Waals surface area contributed by atoms with Crippen molar-refractivity contribution in [2.45, 2.75) is 12.6 Å². The van der Waals surface area contributed by atoms with Gasteiger partial charge < -0.3 is 9.84 Å². The average molecular weight is 326 g/mol. The number of benzene rings is 2. The molecule has 4 nitrogen and oxygen atoms in total. The van der Waals surface area contributed by atoms with Gasteiger partial charge in [0.2, 0.25) is 0 Å². The standard InChI is InChI=1S/C20H26N2O2/c1-24-19-9-7-17(8-10-19)15-21-11-13-22(14-12-21)16-20(23)18-5-3-2-4-6-18/h2-10,20,23H,11-16H2,1H3. The molecule has 0 spiro atoms. The highest BCUT2D eigenvalue weighted by atomic mass is 16.5. The van der Waals surface area contributed by atoms with Gasteiger partial charge in [0, 0.05) is 39.3 Å². The molecule has 3 rings (SSSR count). The van der Waals surface area contributed by atoms with Gasteiger partial charge in [-0.2, -0.15) is 0 Å². The summed E-state index contributed by atoms with van der Waals surface area (Å²) in [5.41, 5.74) is 2.31. The highest BCUT2D eigenvalue weighted by molar-refractivity contribution is 5.27. The smallest absolute Gasteiger partial charge is 0.118 e. The van der Waals surface area contributed by atoms with Crippen LogP contribution in [0.2, 0.25) is 0 Å². The number of piperazine rings is 1. The van der Waals surface area contributed by atoms with Crippen LogP contribution in [0.4, 0.5) is 0 Å². The van der Waals surface area contributed by atoms with E-state index in [1.165, 1.54) is 5.56 Å². The molecule has 0 bridgehead atoms. The largest absolute Gasteiger partial charge is 0.497 e. The van der Waals surface area contributed by atoms with E-state index in [1.54, 1.807) is 7.11 Å². The molecule has 0 aromatic heterocycles. The van der Waals surface area contributed by atoms with Gasteiger partial charge in [-0.25, -0.2) is 0 Å². The predicted molar refractivity (Wildman–Crippen MR) is 96.1 cm³/mol. The lowest BCUT2D eigenvalue weighted by Gasteiger charge is -2.35. The first-order valence-electron chi connectivity index (χ1n) is 8.55. The molecule has 1 aliphatic rings. The topological polar surface area (TPSA) is 35.9 Å². The van der Waals surface area contributed by atoms with E-state index in [1.807, 2.05) is 42.5 Å². The van der Waals surface area contributed by atoms with Crippen molar-refractivity contribution in [2.24, 2.45) is 0 Å². The Morgan fingerprint density at radius 2 is 1.54 bits per heavy atom. The Hall–Kier alpha value is -1.88. The monoisotopic (exact) mass is 326 g/mol. The molecule has 1 aliphatic heterocycles. The molecule has 2 aromatic carbocycles. The van der Waals surface area contributed by atoms with Crippen molar-refractivity contribution in [2.75, 3.05) is 39.8 Å². The summed E-state index contributed by atoms with van der Waals surface area (Å²) in [6.07, 6.45) is -0.403. The van der Waals surface area contributed by atoms with Gasteiger partial charge in [0.25, 0.3) is 0 Å². The molecule has 1 saturated heterocycles. The van der Waals surface area contributed by atoms with E-state index in [2.05, 4.69) is 21.9 Å². The Morgan fingerprint density at radius 3 is 2.17 bits per heavy atom. The average Bonchev–Trinajstić information content (AvgIpc) is 2.65. The van der Waals surface area contributed by atoms with Gasteiger partial charge in [-0.15, -0.1) is 0 Å². The van der Waals surface area contributed by atoms with Crippen LogP contribution in [0, 0.1) is 0 Å². The zero-order chi connectivity index (χ0) is 16.8. The highest BCUT2D eigenvalue weighted by Gasteiger charge is 2.19. The van der Waals surface area contributed by atoms with Crippen LogP contribution in [0.5, 0.6) is 5.75 Å². The molecule has 2 aromatic rings. The summed E-state index contributed by atoms with van der Waals surface area (Å²) in [6, 6.07) is 18.2. The summed E-state index contributed by atoms with van der Waals surface area (Å²) in [5, 5.41) is 10.4. The lowest BCUT2D eigenvalue weighted by molar-refractivity contribution is 0.0701. The Balaban J connectivity index is 1.45. The highest BCUT2D eigenvalue weighted by Crippen LogP contribution is 2.17. The molecule has 4 heteroatoms. The first-order chi connectivity index (χ1) is 11.7. The van der Waals surface area contributed by atoms with Crippen LogP contribution in [0.3, 0.4) is 0 Å². The fourth-order valence-electron chi connectivity index (χ4n) is 3.14. The summed E-state index contributed by atoms with van der Waals surface area (Å²) in [6.45, 7) is 5.75. The molecule has 0 amide bonds. The van der Waals surface area contributed by atoms with Crippen LogP contribution in [0.25, 0.3) is 0 Å². The van der Waals surface area contributed by atoms with Crippen LogP contribution < -0.4 is 4.74 Å². The van der Waals surface area contributed by atoms with E-state index in [4.69, 9.17) is 4.74 Å². The molecular weight excluding hydrogens is 300 g/mol. The number of hydrogen-bond acceptors (Lipinski definition) is 4. The molecule has 1 atom stereocenters. The Morgan fingerprint density at radius 1 is 0.917 bits per heavy atom. The van der Waals surface area contributed by atoms with E-state index in [-0.39, 0.29) is 0 Å². The van der Waals surface area contributed by atoms with Gasteiger partial charge in [-0.05, 0) is 23.3 Å². The van der Waals surface area contributed by atoms with Crippen molar-refractivity contribution in [3.63, 3.8) is 0 Å².